The van der Waals surface area contributed by atoms with Crippen molar-refractivity contribution in [3.05, 3.63) is 0 Å². The van der Waals surface area contributed by atoms with E-state index in [1.54, 1.807) is 0 Å². The lowest BCUT2D eigenvalue weighted by atomic mass is 10.0. The number of nitrogens with zero attached hydrogens (tertiary/aromatic N) is 1. The van der Waals surface area contributed by atoms with Crippen molar-refractivity contribution in [1.82, 2.24) is 10.2 Å². The van der Waals surface area contributed by atoms with Crippen LogP contribution in [0.15, 0.2) is 0 Å². The van der Waals surface area contributed by atoms with Crippen LogP contribution in [-0.2, 0) is 0 Å². The fourth-order valence-electron chi connectivity index (χ4n) is 1.54. The summed E-state index contributed by atoms with van der Waals surface area (Å²) in [5.74, 6) is 0. The maximum atomic E-state index is 5.17. The van der Waals surface area contributed by atoms with Crippen molar-refractivity contribution in [3.63, 3.8) is 0 Å². The zero-order valence-corrected chi connectivity index (χ0v) is 8.08. The van der Waals surface area contributed by atoms with Crippen LogP contribution in [0.25, 0.3) is 0 Å². The second-order valence-corrected chi connectivity index (χ2v) is 3.48. The Morgan fingerprint density at radius 1 is 1.55 bits per heavy atom. The zero-order chi connectivity index (χ0) is 8.27. The molecule has 2 nitrogen and oxygen atoms in total. The van der Waals surface area contributed by atoms with E-state index in [9.17, 15) is 0 Å². The SMILES string of the molecule is CNC(=S)N1CCCCC1C. The third-order valence-electron chi connectivity index (χ3n) is 2.28. The maximum Gasteiger partial charge on any atom is 0.168 e. The summed E-state index contributed by atoms with van der Waals surface area (Å²) < 4.78 is 0. The van der Waals surface area contributed by atoms with Gasteiger partial charge in [-0.1, -0.05) is 0 Å². The molecule has 1 rings (SSSR count). The van der Waals surface area contributed by atoms with Crippen LogP contribution in [0.2, 0.25) is 0 Å². The second kappa shape index (κ2) is 3.90. The van der Waals surface area contributed by atoms with Gasteiger partial charge in [0.05, 0.1) is 0 Å². The van der Waals surface area contributed by atoms with E-state index in [2.05, 4.69) is 17.1 Å². The molecule has 1 heterocycles. The minimum atomic E-state index is 0.628. The van der Waals surface area contributed by atoms with Crippen molar-refractivity contribution in [1.29, 1.82) is 0 Å². The number of thiocarbonyl (C=S) groups is 1. The summed E-state index contributed by atoms with van der Waals surface area (Å²) in [7, 11) is 1.89. The smallest absolute Gasteiger partial charge is 0.168 e. The molecule has 0 saturated carbocycles. The number of piperidine rings is 1. The fraction of sp³-hybridized carbons (Fsp3) is 0.875. The average Bonchev–Trinajstić information content (AvgIpc) is 2.04. The van der Waals surface area contributed by atoms with Crippen LogP contribution >= 0.6 is 12.2 Å². The lowest BCUT2D eigenvalue weighted by Gasteiger charge is -2.35. The molecule has 1 N–H and O–H groups in total. The van der Waals surface area contributed by atoms with Gasteiger partial charge < -0.3 is 10.2 Å². The summed E-state index contributed by atoms with van der Waals surface area (Å²) in [6.45, 7) is 3.36. The molecule has 0 bridgehead atoms. The van der Waals surface area contributed by atoms with Gasteiger partial charge in [-0.2, -0.15) is 0 Å². The van der Waals surface area contributed by atoms with E-state index in [1.807, 2.05) is 7.05 Å². The zero-order valence-electron chi connectivity index (χ0n) is 7.26. The van der Waals surface area contributed by atoms with E-state index < -0.39 is 0 Å². The normalized spacial score (nSPS) is 24.9. The Balaban J connectivity index is 2.47. The first kappa shape index (κ1) is 8.78. The molecule has 0 spiro atoms. The monoisotopic (exact) mass is 172 g/mol. The molecule has 0 amide bonds. The van der Waals surface area contributed by atoms with Gasteiger partial charge in [0, 0.05) is 19.6 Å². The third-order valence-corrected chi connectivity index (χ3v) is 2.72. The molecule has 0 aromatic carbocycles. The van der Waals surface area contributed by atoms with Gasteiger partial charge >= 0.3 is 0 Å². The second-order valence-electron chi connectivity index (χ2n) is 3.09. The molecule has 0 aromatic heterocycles. The topological polar surface area (TPSA) is 15.3 Å². The van der Waals surface area contributed by atoms with Gasteiger partial charge in [0.15, 0.2) is 5.11 Å². The summed E-state index contributed by atoms with van der Waals surface area (Å²) in [5.41, 5.74) is 0. The first-order chi connectivity index (χ1) is 5.25. The molecule has 1 aliphatic heterocycles. The minimum absolute atomic E-state index is 0.628. The van der Waals surface area contributed by atoms with Crippen LogP contribution in [0, 0.1) is 0 Å². The molecule has 1 unspecified atom stereocenters. The molecule has 1 fully saturated rings. The lowest BCUT2D eigenvalue weighted by Crippen LogP contribution is -2.46. The van der Waals surface area contributed by atoms with Crippen LogP contribution in [-0.4, -0.2) is 29.6 Å². The molecule has 1 saturated heterocycles. The molecule has 1 atom stereocenters. The maximum absolute atomic E-state index is 5.17. The highest BCUT2D eigenvalue weighted by Gasteiger charge is 2.19. The Kier molecular flexibility index (Phi) is 3.12. The van der Waals surface area contributed by atoms with Gasteiger partial charge in [-0.05, 0) is 38.4 Å². The number of nitrogens with one attached hydrogen (secondary N) is 1. The quantitative estimate of drug-likeness (QED) is 0.556. The summed E-state index contributed by atoms with van der Waals surface area (Å²) in [4.78, 5) is 2.28. The van der Waals surface area contributed by atoms with Crippen molar-refractivity contribution in [2.45, 2.75) is 32.2 Å². The lowest BCUT2D eigenvalue weighted by molar-refractivity contribution is 0.256. The molecular formula is C8H16N2S. The number of hydrogen-bond acceptors (Lipinski definition) is 1. The van der Waals surface area contributed by atoms with Crippen molar-refractivity contribution in [2.75, 3.05) is 13.6 Å². The highest BCUT2D eigenvalue weighted by molar-refractivity contribution is 7.80. The Labute approximate surface area is 74.0 Å². The molecule has 0 aromatic rings. The Morgan fingerprint density at radius 2 is 2.27 bits per heavy atom. The van der Waals surface area contributed by atoms with E-state index in [4.69, 9.17) is 12.2 Å². The van der Waals surface area contributed by atoms with Gasteiger partial charge in [0.1, 0.15) is 0 Å². The van der Waals surface area contributed by atoms with Crippen LogP contribution in [0.3, 0.4) is 0 Å². The third kappa shape index (κ3) is 2.06. The predicted molar refractivity (Wildman–Crippen MR) is 51.7 cm³/mol. The van der Waals surface area contributed by atoms with Crippen LogP contribution < -0.4 is 5.32 Å². The van der Waals surface area contributed by atoms with E-state index in [-0.39, 0.29) is 0 Å². The van der Waals surface area contributed by atoms with Crippen molar-refractivity contribution in [2.24, 2.45) is 0 Å². The van der Waals surface area contributed by atoms with Crippen LogP contribution in [0.1, 0.15) is 26.2 Å². The number of likely N-dealkylation sites (tertiary alicyclic amines) is 1. The van der Waals surface area contributed by atoms with E-state index in [1.165, 1.54) is 19.3 Å². The van der Waals surface area contributed by atoms with Gasteiger partial charge in [-0.15, -0.1) is 0 Å². The van der Waals surface area contributed by atoms with Crippen LogP contribution in [0.4, 0.5) is 0 Å². The molecule has 1 aliphatic rings. The summed E-state index contributed by atoms with van der Waals surface area (Å²) >= 11 is 5.17. The first-order valence-corrected chi connectivity index (χ1v) is 4.65. The molecule has 64 valence electrons. The molecule has 11 heavy (non-hydrogen) atoms. The minimum Gasteiger partial charge on any atom is -0.366 e. The average molecular weight is 172 g/mol. The highest BCUT2D eigenvalue weighted by atomic mass is 32.1. The van der Waals surface area contributed by atoms with Gasteiger partial charge in [0.2, 0.25) is 0 Å². The van der Waals surface area contributed by atoms with Crippen molar-refractivity contribution < 1.29 is 0 Å². The van der Waals surface area contributed by atoms with Crippen molar-refractivity contribution in [3.8, 4) is 0 Å². The highest BCUT2D eigenvalue weighted by Crippen LogP contribution is 2.15. The summed E-state index contributed by atoms with van der Waals surface area (Å²) in [6.07, 6.45) is 3.91. The van der Waals surface area contributed by atoms with Gasteiger partial charge in [-0.25, -0.2) is 0 Å². The molecular weight excluding hydrogens is 156 g/mol. The first-order valence-electron chi connectivity index (χ1n) is 4.24. The standard InChI is InChI=1S/C8H16N2S/c1-7-5-3-4-6-10(7)8(11)9-2/h7H,3-6H2,1-2H3,(H,9,11). The fourth-order valence-corrected chi connectivity index (χ4v) is 1.81. The predicted octanol–water partition coefficient (Wildman–Crippen LogP) is 1.37. The number of rotatable bonds is 0. The number of hydrogen-bond donors (Lipinski definition) is 1. The Bertz CT molecular complexity index is 147. The van der Waals surface area contributed by atoms with Gasteiger partial charge in [-0.3, -0.25) is 0 Å². The summed E-state index contributed by atoms with van der Waals surface area (Å²) in [6, 6.07) is 0.628. The van der Waals surface area contributed by atoms with E-state index in [0.29, 0.717) is 6.04 Å². The Hall–Kier alpha value is -0.310. The van der Waals surface area contributed by atoms with E-state index >= 15 is 0 Å². The molecule has 0 aliphatic carbocycles. The van der Waals surface area contributed by atoms with Gasteiger partial charge in [0.25, 0.3) is 0 Å². The molecule has 3 heteroatoms. The Morgan fingerprint density at radius 3 is 2.82 bits per heavy atom. The largest absolute Gasteiger partial charge is 0.366 e. The summed E-state index contributed by atoms with van der Waals surface area (Å²) in [5, 5.41) is 3.92. The molecule has 0 radical (unpaired) electrons. The van der Waals surface area contributed by atoms with Crippen molar-refractivity contribution >= 4 is 17.3 Å². The van der Waals surface area contributed by atoms with E-state index in [0.717, 1.165) is 11.7 Å². The van der Waals surface area contributed by atoms with Crippen LogP contribution in [0.5, 0.6) is 0 Å².